The van der Waals surface area contributed by atoms with E-state index in [1.54, 1.807) is 12.1 Å². The van der Waals surface area contributed by atoms with Crippen LogP contribution in [-0.4, -0.2) is 14.5 Å². The van der Waals surface area contributed by atoms with Crippen LogP contribution in [0.25, 0.3) is 10.9 Å². The largest absolute Gasteiger partial charge is 0.294 e. The second-order valence-electron chi connectivity index (χ2n) is 4.87. The molecule has 0 atom stereocenters. The summed E-state index contributed by atoms with van der Waals surface area (Å²) in [5.41, 5.74) is 0.0587. The summed E-state index contributed by atoms with van der Waals surface area (Å²) in [4.78, 5) is 26.7. The molecule has 23 heavy (non-hydrogen) atoms. The maximum absolute atomic E-state index is 13.9. The normalized spacial score (nSPS) is 10.9. The number of fused-ring (bicyclic) bond motifs is 1. The van der Waals surface area contributed by atoms with E-state index in [9.17, 15) is 19.3 Å². The molecule has 0 spiro atoms. The Labute approximate surface area is 137 Å². The first-order valence-corrected chi connectivity index (χ1v) is 7.32. The zero-order chi connectivity index (χ0) is 16.6. The third-order valence-corrected chi connectivity index (χ3v) is 3.87. The van der Waals surface area contributed by atoms with Gasteiger partial charge in [-0.05, 0) is 18.2 Å². The first kappa shape index (κ1) is 15.3. The number of aromatic nitrogens is 2. The molecular weight excluding hydrogens is 369 g/mol. The summed E-state index contributed by atoms with van der Waals surface area (Å²) in [7, 11) is 0. The number of rotatable bonds is 3. The van der Waals surface area contributed by atoms with Crippen LogP contribution in [0.3, 0.4) is 0 Å². The van der Waals surface area contributed by atoms with Crippen LogP contribution in [-0.2, 0) is 6.54 Å². The van der Waals surface area contributed by atoms with Gasteiger partial charge in [-0.15, -0.1) is 0 Å². The summed E-state index contributed by atoms with van der Waals surface area (Å²) in [5, 5.41) is 11.0. The maximum Gasteiger partial charge on any atom is 0.271 e. The summed E-state index contributed by atoms with van der Waals surface area (Å²) in [6, 6.07) is 8.42. The fraction of sp³-hybridized carbons (Fsp3) is 0.0667. The molecule has 0 aliphatic heterocycles. The van der Waals surface area contributed by atoms with Crippen LogP contribution >= 0.6 is 15.9 Å². The third kappa shape index (κ3) is 2.98. The molecule has 0 saturated heterocycles. The van der Waals surface area contributed by atoms with Crippen LogP contribution in [0.5, 0.6) is 0 Å². The van der Waals surface area contributed by atoms with Gasteiger partial charge in [-0.2, -0.15) is 0 Å². The fourth-order valence-corrected chi connectivity index (χ4v) is 2.54. The highest BCUT2D eigenvalue weighted by atomic mass is 79.9. The van der Waals surface area contributed by atoms with Crippen LogP contribution in [0, 0.1) is 15.9 Å². The quantitative estimate of drug-likeness (QED) is 0.518. The fourth-order valence-electron chi connectivity index (χ4n) is 2.21. The molecule has 3 rings (SSSR count). The molecule has 0 bridgehead atoms. The van der Waals surface area contributed by atoms with Crippen molar-refractivity contribution in [3.63, 3.8) is 0 Å². The molecule has 0 aliphatic rings. The first-order chi connectivity index (χ1) is 11.0. The Morgan fingerprint density at radius 2 is 2.04 bits per heavy atom. The zero-order valence-electron chi connectivity index (χ0n) is 11.6. The lowest BCUT2D eigenvalue weighted by Gasteiger charge is -2.08. The minimum Gasteiger partial charge on any atom is -0.294 e. The number of hydrogen-bond donors (Lipinski definition) is 0. The van der Waals surface area contributed by atoms with E-state index in [1.165, 1.54) is 35.2 Å². The molecule has 0 unspecified atom stereocenters. The van der Waals surface area contributed by atoms with Crippen LogP contribution < -0.4 is 5.56 Å². The molecular formula is C15H9BrFN3O3. The predicted molar refractivity (Wildman–Crippen MR) is 85.9 cm³/mol. The van der Waals surface area contributed by atoms with E-state index in [4.69, 9.17) is 0 Å². The van der Waals surface area contributed by atoms with Crippen molar-refractivity contribution < 1.29 is 9.31 Å². The molecule has 0 fully saturated rings. The van der Waals surface area contributed by atoms with Gasteiger partial charge < -0.3 is 0 Å². The molecule has 8 heteroatoms. The van der Waals surface area contributed by atoms with Crippen molar-refractivity contribution in [2.45, 2.75) is 6.54 Å². The van der Waals surface area contributed by atoms with E-state index < -0.39 is 10.7 Å². The van der Waals surface area contributed by atoms with E-state index >= 15 is 0 Å². The van der Waals surface area contributed by atoms with Crippen LogP contribution in [0.2, 0.25) is 0 Å². The predicted octanol–water partition coefficient (Wildman–Crippen LogP) is 3.25. The summed E-state index contributed by atoms with van der Waals surface area (Å²) >= 11 is 3.17. The average Bonchev–Trinajstić information content (AvgIpc) is 2.52. The van der Waals surface area contributed by atoms with Crippen LogP contribution in [0.4, 0.5) is 10.1 Å². The lowest BCUT2D eigenvalue weighted by Crippen LogP contribution is -2.21. The number of non-ortho nitro benzene ring substituents is 1. The molecule has 0 amide bonds. The van der Waals surface area contributed by atoms with Crippen molar-refractivity contribution in [2.75, 3.05) is 0 Å². The van der Waals surface area contributed by atoms with Crippen molar-refractivity contribution in [1.29, 1.82) is 0 Å². The minimum absolute atomic E-state index is 0.0257. The lowest BCUT2D eigenvalue weighted by molar-refractivity contribution is -0.384. The average molecular weight is 378 g/mol. The van der Waals surface area contributed by atoms with Gasteiger partial charge in [0.1, 0.15) is 5.82 Å². The van der Waals surface area contributed by atoms with Crippen LogP contribution in [0.15, 0.2) is 52.0 Å². The Hall–Kier alpha value is -2.61. The van der Waals surface area contributed by atoms with Crippen molar-refractivity contribution in [1.82, 2.24) is 9.55 Å². The second-order valence-corrected chi connectivity index (χ2v) is 5.79. The standard InChI is InChI=1S/C15H9BrFN3O3/c16-10-2-1-9(13(17)5-10)7-19-8-18-14-6-11(20(22)23)3-4-12(14)15(19)21/h1-6,8H,7H2. The van der Waals surface area contributed by atoms with Gasteiger partial charge in [0.25, 0.3) is 11.2 Å². The number of hydrogen-bond acceptors (Lipinski definition) is 4. The molecule has 1 aromatic heterocycles. The van der Waals surface area contributed by atoms with Crippen LogP contribution in [0.1, 0.15) is 5.56 Å². The van der Waals surface area contributed by atoms with E-state index in [0.29, 0.717) is 10.0 Å². The molecule has 116 valence electrons. The summed E-state index contributed by atoms with van der Waals surface area (Å²) in [5.74, 6) is -0.435. The smallest absolute Gasteiger partial charge is 0.271 e. The molecule has 6 nitrogen and oxygen atoms in total. The highest BCUT2D eigenvalue weighted by molar-refractivity contribution is 9.10. The molecule has 2 aromatic carbocycles. The molecule has 1 heterocycles. The lowest BCUT2D eigenvalue weighted by atomic mass is 10.2. The zero-order valence-corrected chi connectivity index (χ0v) is 13.2. The number of benzene rings is 2. The van der Waals surface area contributed by atoms with Crippen molar-refractivity contribution in [3.05, 3.63) is 79.0 Å². The van der Waals surface area contributed by atoms with Gasteiger partial charge in [0.2, 0.25) is 0 Å². The van der Waals surface area contributed by atoms with Gasteiger partial charge in [0, 0.05) is 22.2 Å². The number of nitro benzene ring substituents is 1. The van der Waals surface area contributed by atoms with Gasteiger partial charge in [-0.1, -0.05) is 22.0 Å². The van der Waals surface area contributed by atoms with Gasteiger partial charge in [-0.3, -0.25) is 19.5 Å². The van der Waals surface area contributed by atoms with E-state index in [-0.39, 0.29) is 28.7 Å². The van der Waals surface area contributed by atoms with E-state index in [1.807, 2.05) is 0 Å². The van der Waals surface area contributed by atoms with Gasteiger partial charge in [0.05, 0.1) is 28.7 Å². The summed E-state index contributed by atoms with van der Waals surface area (Å²) in [6.45, 7) is 0.0257. The van der Waals surface area contributed by atoms with Gasteiger partial charge >= 0.3 is 0 Å². The Morgan fingerprint density at radius 1 is 1.26 bits per heavy atom. The molecule has 3 aromatic rings. The molecule has 0 N–H and O–H groups in total. The van der Waals surface area contributed by atoms with Crippen molar-refractivity contribution >= 4 is 32.5 Å². The van der Waals surface area contributed by atoms with Gasteiger partial charge in [-0.25, -0.2) is 9.37 Å². The van der Waals surface area contributed by atoms with E-state index in [2.05, 4.69) is 20.9 Å². The number of nitrogens with zero attached hydrogens (tertiary/aromatic N) is 3. The second kappa shape index (κ2) is 5.88. The molecule has 0 saturated carbocycles. The Morgan fingerprint density at radius 3 is 2.74 bits per heavy atom. The Balaban J connectivity index is 2.05. The number of nitro groups is 1. The Kier molecular flexibility index (Phi) is 3.91. The minimum atomic E-state index is -0.552. The molecule has 0 aliphatic carbocycles. The number of halogens is 2. The van der Waals surface area contributed by atoms with E-state index in [0.717, 1.165) is 0 Å². The monoisotopic (exact) mass is 377 g/mol. The molecule has 0 radical (unpaired) electrons. The topological polar surface area (TPSA) is 78.0 Å². The summed E-state index contributed by atoms with van der Waals surface area (Å²) < 4.78 is 15.8. The van der Waals surface area contributed by atoms with Gasteiger partial charge in [0.15, 0.2) is 0 Å². The highest BCUT2D eigenvalue weighted by Crippen LogP contribution is 2.18. The first-order valence-electron chi connectivity index (χ1n) is 6.53. The SMILES string of the molecule is O=c1c2ccc([N+](=O)[O-])cc2ncn1Cc1ccc(Br)cc1F. The summed E-state index contributed by atoms with van der Waals surface area (Å²) in [6.07, 6.45) is 1.26. The third-order valence-electron chi connectivity index (χ3n) is 3.38. The van der Waals surface area contributed by atoms with Crippen molar-refractivity contribution in [3.8, 4) is 0 Å². The Bertz CT molecular complexity index is 987. The van der Waals surface area contributed by atoms with Crippen molar-refractivity contribution in [2.24, 2.45) is 0 Å². The maximum atomic E-state index is 13.9. The highest BCUT2D eigenvalue weighted by Gasteiger charge is 2.11.